The van der Waals surface area contributed by atoms with Crippen LogP contribution in [-0.2, 0) is 4.79 Å². The Morgan fingerprint density at radius 1 is 1.13 bits per heavy atom. The van der Waals surface area contributed by atoms with E-state index in [0.717, 1.165) is 0 Å². The molecule has 0 atom stereocenters. The third kappa shape index (κ3) is 4.35. The molecule has 0 aliphatic rings. The number of carbonyl (C=O) groups excluding carboxylic acids is 1. The number of amides is 1. The Morgan fingerprint density at radius 3 is 2.39 bits per heavy atom. The van der Waals surface area contributed by atoms with Gasteiger partial charge in [0.1, 0.15) is 0 Å². The van der Waals surface area contributed by atoms with Crippen molar-refractivity contribution >= 4 is 11.6 Å². The van der Waals surface area contributed by atoms with Crippen LogP contribution in [0.3, 0.4) is 0 Å². The van der Waals surface area contributed by atoms with Crippen LogP contribution in [-0.4, -0.2) is 38.3 Å². The number of anilines is 1. The lowest BCUT2D eigenvalue weighted by atomic mass is 10.3. The number of nitrogens with zero attached hydrogens (tertiary/aromatic N) is 2. The summed E-state index contributed by atoms with van der Waals surface area (Å²) >= 11 is 0. The van der Waals surface area contributed by atoms with E-state index in [1.807, 2.05) is 19.1 Å². The van der Waals surface area contributed by atoms with Gasteiger partial charge in [-0.3, -0.25) is 4.79 Å². The third-order valence-electron chi connectivity index (χ3n) is 3.19. The predicted octanol–water partition coefficient (Wildman–Crippen LogP) is 2.53. The quantitative estimate of drug-likeness (QED) is 0.785. The van der Waals surface area contributed by atoms with Crippen LogP contribution in [0.4, 0.5) is 5.69 Å². The molecule has 122 valence electrons. The lowest BCUT2D eigenvalue weighted by Crippen LogP contribution is -2.31. The molecule has 0 bridgehead atoms. The van der Waals surface area contributed by atoms with Crippen molar-refractivity contribution in [2.75, 3.05) is 32.3 Å². The number of likely N-dealkylation sites (N-methyl/N-ethyl adjacent to an activating group) is 1. The van der Waals surface area contributed by atoms with E-state index in [0.29, 0.717) is 29.7 Å². The number of para-hydroxylation sites is 2. The summed E-state index contributed by atoms with van der Waals surface area (Å²) in [5, 5.41) is 0. The molecule has 1 heterocycles. The minimum absolute atomic E-state index is 0.0907. The first-order chi connectivity index (χ1) is 11.2. The Hall–Kier alpha value is -2.76. The Kier molecular flexibility index (Phi) is 5.80. The highest BCUT2D eigenvalue weighted by atomic mass is 16.5. The van der Waals surface area contributed by atoms with Gasteiger partial charge < -0.3 is 19.1 Å². The van der Waals surface area contributed by atoms with Gasteiger partial charge in [-0.2, -0.15) is 0 Å². The van der Waals surface area contributed by atoms with Crippen LogP contribution in [0.25, 0.3) is 0 Å². The number of carbonyl (C=O) groups is 1. The second kappa shape index (κ2) is 8.03. The van der Waals surface area contributed by atoms with Gasteiger partial charge >= 0.3 is 0 Å². The van der Waals surface area contributed by atoms with Crippen molar-refractivity contribution in [2.24, 2.45) is 0 Å². The van der Waals surface area contributed by atoms with E-state index >= 15 is 0 Å². The van der Waals surface area contributed by atoms with Crippen molar-refractivity contribution in [3.05, 3.63) is 42.6 Å². The highest BCUT2D eigenvalue weighted by Crippen LogP contribution is 2.26. The number of pyridine rings is 1. The third-order valence-corrected chi connectivity index (χ3v) is 3.19. The largest absolute Gasteiger partial charge is 0.490 e. The molecule has 1 aromatic carbocycles. The van der Waals surface area contributed by atoms with Crippen LogP contribution in [0.15, 0.2) is 42.6 Å². The molecule has 0 spiro atoms. The maximum absolute atomic E-state index is 12.2. The monoisotopic (exact) mass is 316 g/mol. The number of hydrogen-bond donors (Lipinski definition) is 0. The molecule has 0 radical (unpaired) electrons. The fourth-order valence-electron chi connectivity index (χ4n) is 1.92. The van der Waals surface area contributed by atoms with Crippen molar-refractivity contribution in [1.82, 2.24) is 4.98 Å². The van der Waals surface area contributed by atoms with Gasteiger partial charge in [-0.1, -0.05) is 12.1 Å². The van der Waals surface area contributed by atoms with E-state index in [4.69, 9.17) is 14.2 Å². The average molecular weight is 316 g/mol. The van der Waals surface area contributed by atoms with Crippen LogP contribution in [0.1, 0.15) is 6.92 Å². The fourth-order valence-corrected chi connectivity index (χ4v) is 1.92. The van der Waals surface area contributed by atoms with E-state index in [1.54, 1.807) is 44.6 Å². The van der Waals surface area contributed by atoms with E-state index in [1.165, 1.54) is 4.90 Å². The summed E-state index contributed by atoms with van der Waals surface area (Å²) in [6.07, 6.45) is 1.57. The van der Waals surface area contributed by atoms with Crippen LogP contribution in [0.5, 0.6) is 17.4 Å². The van der Waals surface area contributed by atoms with Gasteiger partial charge in [0.25, 0.3) is 5.91 Å². The van der Waals surface area contributed by atoms with Crippen molar-refractivity contribution in [1.29, 1.82) is 0 Å². The van der Waals surface area contributed by atoms with Crippen molar-refractivity contribution < 1.29 is 19.0 Å². The molecule has 6 heteroatoms. The first kappa shape index (κ1) is 16.6. The van der Waals surface area contributed by atoms with Gasteiger partial charge in [0.05, 0.1) is 25.6 Å². The minimum atomic E-state index is -0.191. The Morgan fingerprint density at radius 2 is 1.83 bits per heavy atom. The van der Waals surface area contributed by atoms with E-state index in [-0.39, 0.29) is 12.5 Å². The molecule has 0 N–H and O–H groups in total. The normalized spacial score (nSPS) is 10.0. The van der Waals surface area contributed by atoms with E-state index in [2.05, 4.69) is 4.98 Å². The molecule has 0 saturated carbocycles. The molecule has 0 fully saturated rings. The molecule has 2 aromatic rings. The molecule has 0 saturated heterocycles. The molecule has 0 aliphatic carbocycles. The standard InChI is InChI=1S/C17H20N2O4/c1-4-22-14-7-5-6-8-15(14)23-12-17(20)19(2)13-9-10-16(21-3)18-11-13/h5-11H,4,12H2,1-3H3. The Balaban J connectivity index is 1.98. The molecular formula is C17H20N2O4. The number of ether oxygens (including phenoxy) is 3. The smallest absolute Gasteiger partial charge is 0.264 e. The number of rotatable bonds is 7. The summed E-state index contributed by atoms with van der Waals surface area (Å²) in [7, 11) is 3.21. The number of methoxy groups -OCH3 is 1. The van der Waals surface area contributed by atoms with Crippen LogP contribution >= 0.6 is 0 Å². The summed E-state index contributed by atoms with van der Waals surface area (Å²) < 4.78 is 16.0. The molecule has 2 rings (SSSR count). The number of hydrogen-bond acceptors (Lipinski definition) is 5. The Labute approximate surface area is 135 Å². The SMILES string of the molecule is CCOc1ccccc1OCC(=O)N(C)c1ccc(OC)nc1. The zero-order valence-electron chi connectivity index (χ0n) is 13.5. The maximum Gasteiger partial charge on any atom is 0.264 e. The second-order valence-electron chi connectivity index (χ2n) is 4.68. The highest BCUT2D eigenvalue weighted by molar-refractivity contribution is 5.93. The minimum Gasteiger partial charge on any atom is -0.490 e. The van der Waals surface area contributed by atoms with Crippen molar-refractivity contribution in [3.8, 4) is 17.4 Å². The fraction of sp³-hybridized carbons (Fsp3) is 0.294. The van der Waals surface area contributed by atoms with Gasteiger partial charge in [0.15, 0.2) is 18.1 Å². The first-order valence-corrected chi connectivity index (χ1v) is 7.27. The van der Waals surface area contributed by atoms with Crippen LogP contribution < -0.4 is 19.1 Å². The van der Waals surface area contributed by atoms with Crippen molar-refractivity contribution in [2.45, 2.75) is 6.92 Å². The van der Waals surface area contributed by atoms with E-state index in [9.17, 15) is 4.79 Å². The lowest BCUT2D eigenvalue weighted by molar-refractivity contribution is -0.120. The van der Waals surface area contributed by atoms with Gasteiger partial charge in [-0.05, 0) is 25.1 Å². The molecule has 1 aromatic heterocycles. The van der Waals surface area contributed by atoms with Crippen LogP contribution in [0.2, 0.25) is 0 Å². The number of benzene rings is 1. The second-order valence-corrected chi connectivity index (χ2v) is 4.68. The van der Waals surface area contributed by atoms with Crippen molar-refractivity contribution in [3.63, 3.8) is 0 Å². The van der Waals surface area contributed by atoms with Gasteiger partial charge in [-0.15, -0.1) is 0 Å². The van der Waals surface area contributed by atoms with Gasteiger partial charge in [0.2, 0.25) is 5.88 Å². The summed E-state index contributed by atoms with van der Waals surface area (Å²) in [6, 6.07) is 10.7. The molecular weight excluding hydrogens is 296 g/mol. The molecule has 6 nitrogen and oxygen atoms in total. The van der Waals surface area contributed by atoms with Crippen LogP contribution in [0, 0.1) is 0 Å². The zero-order valence-corrected chi connectivity index (χ0v) is 13.5. The average Bonchev–Trinajstić information content (AvgIpc) is 2.60. The summed E-state index contributed by atoms with van der Waals surface area (Å²) in [5.74, 6) is 1.47. The molecule has 1 amide bonds. The topological polar surface area (TPSA) is 60.9 Å². The van der Waals surface area contributed by atoms with E-state index < -0.39 is 0 Å². The summed E-state index contributed by atoms with van der Waals surface area (Å²) in [5.41, 5.74) is 0.664. The molecule has 0 aliphatic heterocycles. The van der Waals surface area contributed by atoms with Gasteiger partial charge in [0, 0.05) is 13.1 Å². The zero-order chi connectivity index (χ0) is 16.7. The predicted molar refractivity (Wildman–Crippen MR) is 87.3 cm³/mol. The highest BCUT2D eigenvalue weighted by Gasteiger charge is 2.13. The maximum atomic E-state index is 12.2. The number of aromatic nitrogens is 1. The summed E-state index contributed by atoms with van der Waals surface area (Å²) in [6.45, 7) is 2.34. The lowest BCUT2D eigenvalue weighted by Gasteiger charge is -2.18. The Bertz CT molecular complexity index is 643. The van der Waals surface area contributed by atoms with Gasteiger partial charge in [-0.25, -0.2) is 4.98 Å². The molecule has 23 heavy (non-hydrogen) atoms. The summed E-state index contributed by atoms with van der Waals surface area (Å²) in [4.78, 5) is 17.8. The molecule has 0 unspecified atom stereocenters. The first-order valence-electron chi connectivity index (χ1n) is 7.27.